The number of aromatic nitrogens is 4. The number of hydrogen-bond donors (Lipinski definition) is 0. The van der Waals surface area contributed by atoms with Gasteiger partial charge in [-0.2, -0.15) is 0 Å². The second-order valence-corrected chi connectivity index (χ2v) is 7.25. The summed E-state index contributed by atoms with van der Waals surface area (Å²) in [5.74, 6) is 1.86. The Morgan fingerprint density at radius 1 is 0.962 bits per heavy atom. The van der Waals surface area contributed by atoms with Crippen molar-refractivity contribution in [2.24, 2.45) is 7.05 Å². The average Bonchev–Trinajstić information content (AvgIpc) is 3.40. The van der Waals surface area contributed by atoms with E-state index in [-0.39, 0.29) is 6.10 Å². The smallest absolute Gasteiger partial charge is 0.176 e. The van der Waals surface area contributed by atoms with Crippen molar-refractivity contribution >= 4 is 0 Å². The lowest BCUT2D eigenvalue weighted by Gasteiger charge is -2.35. The maximum absolute atomic E-state index is 6.18. The Kier molecular flexibility index (Phi) is 3.87. The Morgan fingerprint density at radius 2 is 1.77 bits per heavy atom. The van der Waals surface area contributed by atoms with Gasteiger partial charge >= 0.3 is 0 Å². The molecule has 3 aromatic rings. The molecule has 0 unspecified atom stereocenters. The number of hydrogen-bond acceptors (Lipinski definition) is 4. The third kappa shape index (κ3) is 2.66. The quantitative estimate of drug-likeness (QED) is 0.729. The minimum Gasteiger partial charge on any atom is -0.371 e. The second kappa shape index (κ2) is 6.37. The highest BCUT2D eigenvalue weighted by atomic mass is 16.5. The van der Waals surface area contributed by atoms with Crippen LogP contribution in [-0.2, 0) is 11.8 Å². The molecule has 0 saturated carbocycles. The fourth-order valence-electron chi connectivity index (χ4n) is 4.28. The van der Waals surface area contributed by atoms with E-state index in [0.29, 0.717) is 12.1 Å². The zero-order valence-electron chi connectivity index (χ0n) is 14.9. The summed E-state index contributed by atoms with van der Waals surface area (Å²) in [5.41, 5.74) is 1.27. The molecule has 0 radical (unpaired) electrons. The van der Waals surface area contributed by atoms with Gasteiger partial charge in [0.1, 0.15) is 0 Å². The highest BCUT2D eigenvalue weighted by molar-refractivity contribution is 5.45. The molecule has 6 heteroatoms. The maximum atomic E-state index is 6.18. The van der Waals surface area contributed by atoms with Crippen molar-refractivity contribution in [3.63, 3.8) is 0 Å². The summed E-state index contributed by atoms with van der Waals surface area (Å²) in [6.45, 7) is 2.78. The van der Waals surface area contributed by atoms with E-state index in [1.807, 2.05) is 30.2 Å². The Hall–Kier alpha value is -2.44. The summed E-state index contributed by atoms with van der Waals surface area (Å²) in [6.07, 6.45) is 9.01. The summed E-state index contributed by atoms with van der Waals surface area (Å²) in [7, 11) is 2.01. The zero-order chi connectivity index (χ0) is 17.5. The fraction of sp³-hybridized carbons (Fsp3) is 0.400. The van der Waals surface area contributed by atoms with Gasteiger partial charge < -0.3 is 13.9 Å². The third-order valence-electron chi connectivity index (χ3n) is 5.65. The van der Waals surface area contributed by atoms with Gasteiger partial charge in [0.25, 0.3) is 0 Å². The van der Waals surface area contributed by atoms with Crippen molar-refractivity contribution in [3.8, 4) is 11.6 Å². The molecule has 0 bridgehead atoms. The first-order chi connectivity index (χ1) is 12.8. The fourth-order valence-corrected chi connectivity index (χ4v) is 4.28. The van der Waals surface area contributed by atoms with E-state index in [1.165, 1.54) is 5.56 Å². The van der Waals surface area contributed by atoms with Crippen LogP contribution < -0.4 is 0 Å². The van der Waals surface area contributed by atoms with Crippen LogP contribution in [0.25, 0.3) is 11.6 Å². The van der Waals surface area contributed by atoms with E-state index >= 15 is 0 Å². The maximum Gasteiger partial charge on any atom is 0.176 e. The van der Waals surface area contributed by atoms with Crippen molar-refractivity contribution in [3.05, 3.63) is 60.7 Å². The first-order valence-corrected chi connectivity index (χ1v) is 9.20. The van der Waals surface area contributed by atoms with Crippen LogP contribution in [0.4, 0.5) is 0 Å². The lowest BCUT2D eigenvalue weighted by Crippen LogP contribution is -2.42. The first kappa shape index (κ1) is 15.8. The molecule has 2 saturated heterocycles. The van der Waals surface area contributed by atoms with Crippen LogP contribution in [0.2, 0.25) is 0 Å². The molecule has 0 N–H and O–H groups in total. The average molecular weight is 349 g/mol. The van der Waals surface area contributed by atoms with Crippen molar-refractivity contribution in [2.45, 2.75) is 24.6 Å². The molecule has 2 fully saturated rings. The number of nitrogens with zero attached hydrogens (tertiary/aromatic N) is 5. The molecule has 5 rings (SSSR count). The van der Waals surface area contributed by atoms with Gasteiger partial charge in [-0.1, -0.05) is 30.3 Å². The van der Waals surface area contributed by atoms with Crippen LogP contribution in [0.5, 0.6) is 0 Å². The highest BCUT2D eigenvalue weighted by Crippen LogP contribution is 2.36. The van der Waals surface area contributed by atoms with Gasteiger partial charge in [0.15, 0.2) is 11.6 Å². The van der Waals surface area contributed by atoms with Crippen LogP contribution >= 0.6 is 0 Å². The van der Waals surface area contributed by atoms with E-state index < -0.39 is 0 Å². The Morgan fingerprint density at radius 3 is 2.58 bits per heavy atom. The van der Waals surface area contributed by atoms with Crippen molar-refractivity contribution in [1.29, 1.82) is 0 Å². The Bertz CT molecular complexity index is 887. The summed E-state index contributed by atoms with van der Waals surface area (Å²) in [6, 6.07) is 11.4. The summed E-state index contributed by atoms with van der Waals surface area (Å²) < 4.78 is 10.5. The van der Waals surface area contributed by atoms with Crippen LogP contribution in [0, 0.1) is 0 Å². The molecule has 0 amide bonds. The van der Waals surface area contributed by atoms with Gasteiger partial charge in [0.2, 0.25) is 0 Å². The van der Waals surface area contributed by atoms with E-state index in [9.17, 15) is 0 Å². The highest BCUT2D eigenvalue weighted by Gasteiger charge is 2.39. The topological polar surface area (TPSA) is 48.1 Å². The van der Waals surface area contributed by atoms with Gasteiger partial charge in [-0.15, -0.1) is 0 Å². The van der Waals surface area contributed by atoms with Crippen LogP contribution in [0.1, 0.15) is 24.1 Å². The summed E-state index contributed by atoms with van der Waals surface area (Å²) >= 11 is 0. The van der Waals surface area contributed by atoms with Gasteiger partial charge in [-0.3, -0.25) is 4.90 Å². The number of ether oxygens (including phenoxy) is 1. The lowest BCUT2D eigenvalue weighted by atomic mass is 10.1. The predicted octanol–water partition coefficient (Wildman–Crippen LogP) is 2.67. The van der Waals surface area contributed by atoms with E-state index in [2.05, 4.69) is 56.0 Å². The number of benzene rings is 1. The molecule has 0 spiro atoms. The molecule has 3 atom stereocenters. The monoisotopic (exact) mass is 349 g/mol. The number of rotatable bonds is 3. The predicted molar refractivity (Wildman–Crippen MR) is 98.6 cm³/mol. The summed E-state index contributed by atoms with van der Waals surface area (Å²) in [5, 5.41) is 0. The van der Waals surface area contributed by atoms with Gasteiger partial charge in [-0.05, 0) is 12.0 Å². The van der Waals surface area contributed by atoms with Gasteiger partial charge in [0, 0.05) is 57.0 Å². The van der Waals surface area contributed by atoms with Crippen LogP contribution in [0.15, 0.2) is 55.1 Å². The van der Waals surface area contributed by atoms with Gasteiger partial charge in [0.05, 0.1) is 12.7 Å². The van der Waals surface area contributed by atoms with Crippen molar-refractivity contribution < 1.29 is 4.74 Å². The molecule has 1 aromatic carbocycles. The van der Waals surface area contributed by atoms with Crippen LogP contribution in [-0.4, -0.2) is 49.7 Å². The molecule has 0 aliphatic carbocycles. The number of aryl methyl sites for hydroxylation is 1. The van der Waals surface area contributed by atoms with E-state index in [1.54, 1.807) is 0 Å². The molecule has 2 aliphatic rings. The SMILES string of the molecule is Cn1ccnc1-c1nccn1[C@@H]1C[C@H]2CO[C@@H](c3ccccc3)CN2C1. The van der Waals surface area contributed by atoms with Crippen LogP contribution in [0.3, 0.4) is 0 Å². The second-order valence-electron chi connectivity index (χ2n) is 7.25. The Balaban J connectivity index is 1.36. The Labute approximate surface area is 153 Å². The van der Waals surface area contributed by atoms with Crippen molar-refractivity contribution in [1.82, 2.24) is 24.0 Å². The lowest BCUT2D eigenvalue weighted by molar-refractivity contribution is -0.0502. The molecule has 2 aromatic heterocycles. The normalized spacial score (nSPS) is 26.1. The van der Waals surface area contributed by atoms with E-state index in [4.69, 9.17) is 4.74 Å². The first-order valence-electron chi connectivity index (χ1n) is 9.20. The molecule has 6 nitrogen and oxygen atoms in total. The third-order valence-corrected chi connectivity index (χ3v) is 5.65. The number of morpholine rings is 1. The molecule has 2 aliphatic heterocycles. The minimum absolute atomic E-state index is 0.169. The summed E-state index contributed by atoms with van der Waals surface area (Å²) in [4.78, 5) is 11.6. The van der Waals surface area contributed by atoms with E-state index in [0.717, 1.165) is 37.8 Å². The molecular weight excluding hydrogens is 326 g/mol. The molecular formula is C20H23N5O. The van der Waals surface area contributed by atoms with Gasteiger partial charge in [-0.25, -0.2) is 9.97 Å². The zero-order valence-corrected chi connectivity index (χ0v) is 14.9. The number of imidazole rings is 2. The molecule has 4 heterocycles. The minimum atomic E-state index is 0.169. The molecule has 134 valence electrons. The van der Waals surface area contributed by atoms with Crippen molar-refractivity contribution in [2.75, 3.05) is 19.7 Å². The standard InChI is InChI=1S/C20H23N5O/c1-23-9-7-21-19(23)20-22-8-10-25(20)16-11-17-14-26-18(13-24(17)12-16)15-5-3-2-4-6-15/h2-10,16-18H,11-14H2,1H3/t16-,17+,18-/m1/s1. The largest absolute Gasteiger partial charge is 0.371 e. The number of fused-ring (bicyclic) bond motifs is 1. The molecule has 26 heavy (non-hydrogen) atoms.